The van der Waals surface area contributed by atoms with Crippen LogP contribution in [0, 0.1) is 6.92 Å². The fraction of sp³-hybridized carbons (Fsp3) is 0.312. The molecule has 0 aliphatic carbocycles. The lowest BCUT2D eigenvalue weighted by Crippen LogP contribution is -2.22. The molecule has 1 aromatic carbocycles. The van der Waals surface area contributed by atoms with Crippen molar-refractivity contribution >= 4 is 5.69 Å². The number of nitrogens with zero attached hydrogens (tertiary/aromatic N) is 2. The van der Waals surface area contributed by atoms with Gasteiger partial charge in [0.1, 0.15) is 0 Å². The van der Waals surface area contributed by atoms with Gasteiger partial charge in [0.15, 0.2) is 0 Å². The van der Waals surface area contributed by atoms with Crippen LogP contribution in [0.15, 0.2) is 42.6 Å². The van der Waals surface area contributed by atoms with Crippen LogP contribution in [0.1, 0.15) is 16.8 Å². The maximum atomic E-state index is 5.78. The number of hydrogen-bond donors (Lipinski definition) is 1. The molecule has 100 valence electrons. The lowest BCUT2D eigenvalue weighted by atomic mass is 10.1. The van der Waals surface area contributed by atoms with E-state index in [1.54, 1.807) is 0 Å². The number of rotatable bonds is 5. The fourth-order valence-electron chi connectivity index (χ4n) is 2.15. The van der Waals surface area contributed by atoms with E-state index in [1.165, 1.54) is 11.3 Å². The molecule has 0 radical (unpaired) electrons. The summed E-state index contributed by atoms with van der Waals surface area (Å²) < 4.78 is 0. The molecular formula is C16H21N3. The molecule has 0 unspecified atom stereocenters. The van der Waals surface area contributed by atoms with E-state index in [2.05, 4.69) is 47.3 Å². The molecule has 0 saturated carbocycles. The van der Waals surface area contributed by atoms with Crippen molar-refractivity contribution in [2.24, 2.45) is 5.73 Å². The van der Waals surface area contributed by atoms with Gasteiger partial charge in [-0.25, -0.2) is 0 Å². The molecule has 2 aromatic rings. The molecule has 0 atom stereocenters. The standard InChI is InChI=1S/C16H21N3/c1-13-10-16(15(11-17)12-18-13)19(2)9-8-14-6-4-3-5-7-14/h3-7,10,12H,8-9,11,17H2,1-2H3. The number of pyridine rings is 1. The number of nitrogens with two attached hydrogens (primary N) is 1. The summed E-state index contributed by atoms with van der Waals surface area (Å²) in [5, 5.41) is 0. The Hall–Kier alpha value is -1.87. The van der Waals surface area contributed by atoms with Gasteiger partial charge < -0.3 is 10.6 Å². The zero-order valence-corrected chi connectivity index (χ0v) is 11.6. The highest BCUT2D eigenvalue weighted by atomic mass is 15.1. The molecule has 3 heteroatoms. The van der Waals surface area contributed by atoms with Crippen LogP contribution in [0.25, 0.3) is 0 Å². The second-order valence-electron chi connectivity index (χ2n) is 4.82. The molecule has 0 spiro atoms. The van der Waals surface area contributed by atoms with Crippen molar-refractivity contribution in [2.45, 2.75) is 19.9 Å². The molecule has 0 fully saturated rings. The Kier molecular flexibility index (Phi) is 4.53. The van der Waals surface area contributed by atoms with Gasteiger partial charge in [-0.3, -0.25) is 4.98 Å². The minimum Gasteiger partial charge on any atom is -0.374 e. The molecule has 19 heavy (non-hydrogen) atoms. The van der Waals surface area contributed by atoms with E-state index in [4.69, 9.17) is 5.73 Å². The smallest absolute Gasteiger partial charge is 0.0442 e. The van der Waals surface area contributed by atoms with Crippen molar-refractivity contribution in [3.05, 3.63) is 59.4 Å². The molecule has 3 nitrogen and oxygen atoms in total. The lowest BCUT2D eigenvalue weighted by molar-refractivity contribution is 0.860. The van der Waals surface area contributed by atoms with Gasteiger partial charge in [0.2, 0.25) is 0 Å². The van der Waals surface area contributed by atoms with Crippen molar-refractivity contribution in [3.8, 4) is 0 Å². The number of likely N-dealkylation sites (N-methyl/N-ethyl adjacent to an activating group) is 1. The topological polar surface area (TPSA) is 42.1 Å². The van der Waals surface area contributed by atoms with Crippen molar-refractivity contribution in [1.29, 1.82) is 0 Å². The first-order valence-electron chi connectivity index (χ1n) is 6.61. The normalized spacial score (nSPS) is 10.5. The van der Waals surface area contributed by atoms with E-state index in [9.17, 15) is 0 Å². The quantitative estimate of drug-likeness (QED) is 0.892. The Morgan fingerprint density at radius 1 is 1.21 bits per heavy atom. The Balaban J connectivity index is 2.07. The lowest BCUT2D eigenvalue weighted by Gasteiger charge is -2.22. The van der Waals surface area contributed by atoms with E-state index < -0.39 is 0 Å². The predicted molar refractivity (Wildman–Crippen MR) is 80.3 cm³/mol. The van der Waals surface area contributed by atoms with Gasteiger partial charge in [-0.05, 0) is 25.0 Å². The Morgan fingerprint density at radius 3 is 2.63 bits per heavy atom. The van der Waals surface area contributed by atoms with Gasteiger partial charge in [0, 0.05) is 43.3 Å². The van der Waals surface area contributed by atoms with Crippen LogP contribution in [0.5, 0.6) is 0 Å². The zero-order chi connectivity index (χ0) is 13.7. The van der Waals surface area contributed by atoms with Crippen molar-refractivity contribution in [2.75, 3.05) is 18.5 Å². The van der Waals surface area contributed by atoms with Crippen LogP contribution in [0.4, 0.5) is 5.69 Å². The van der Waals surface area contributed by atoms with Gasteiger partial charge in [-0.1, -0.05) is 30.3 Å². The van der Waals surface area contributed by atoms with Crippen molar-refractivity contribution < 1.29 is 0 Å². The Morgan fingerprint density at radius 2 is 1.95 bits per heavy atom. The molecule has 1 aromatic heterocycles. The fourth-order valence-corrected chi connectivity index (χ4v) is 2.15. The summed E-state index contributed by atoms with van der Waals surface area (Å²) in [5.41, 5.74) is 10.4. The van der Waals surface area contributed by atoms with Crippen LogP contribution in [0.3, 0.4) is 0 Å². The largest absolute Gasteiger partial charge is 0.374 e. The molecular weight excluding hydrogens is 234 g/mol. The van der Waals surface area contributed by atoms with Crippen LogP contribution in [-0.2, 0) is 13.0 Å². The summed E-state index contributed by atoms with van der Waals surface area (Å²) in [4.78, 5) is 6.56. The maximum absolute atomic E-state index is 5.78. The Labute approximate surface area is 115 Å². The van der Waals surface area contributed by atoms with E-state index in [-0.39, 0.29) is 0 Å². The van der Waals surface area contributed by atoms with Crippen molar-refractivity contribution in [1.82, 2.24) is 4.98 Å². The average molecular weight is 255 g/mol. The summed E-state index contributed by atoms with van der Waals surface area (Å²) in [6.45, 7) is 3.51. The van der Waals surface area contributed by atoms with Crippen LogP contribution in [-0.4, -0.2) is 18.6 Å². The molecule has 2 rings (SSSR count). The molecule has 0 amide bonds. The van der Waals surface area contributed by atoms with Gasteiger partial charge in [0.25, 0.3) is 0 Å². The summed E-state index contributed by atoms with van der Waals surface area (Å²) in [6, 6.07) is 12.6. The minimum atomic E-state index is 0.526. The maximum Gasteiger partial charge on any atom is 0.0442 e. The number of aryl methyl sites for hydroxylation is 1. The molecule has 0 aliphatic heterocycles. The number of hydrogen-bond acceptors (Lipinski definition) is 3. The first kappa shape index (κ1) is 13.6. The number of benzene rings is 1. The first-order valence-corrected chi connectivity index (χ1v) is 6.61. The highest BCUT2D eigenvalue weighted by molar-refractivity contribution is 5.53. The minimum absolute atomic E-state index is 0.526. The predicted octanol–water partition coefficient (Wildman–Crippen LogP) is 2.53. The van der Waals surface area contributed by atoms with E-state index in [0.29, 0.717) is 6.54 Å². The zero-order valence-electron chi connectivity index (χ0n) is 11.6. The van der Waals surface area contributed by atoms with Crippen LogP contribution < -0.4 is 10.6 Å². The third kappa shape index (κ3) is 3.55. The SMILES string of the molecule is Cc1cc(N(C)CCc2ccccc2)c(CN)cn1. The van der Waals surface area contributed by atoms with Gasteiger partial charge in [0.05, 0.1) is 0 Å². The third-order valence-corrected chi connectivity index (χ3v) is 3.31. The van der Waals surface area contributed by atoms with Crippen molar-refractivity contribution in [3.63, 3.8) is 0 Å². The highest BCUT2D eigenvalue weighted by Gasteiger charge is 2.07. The monoisotopic (exact) mass is 255 g/mol. The summed E-state index contributed by atoms with van der Waals surface area (Å²) in [5.74, 6) is 0. The first-order chi connectivity index (χ1) is 9.20. The summed E-state index contributed by atoms with van der Waals surface area (Å²) in [7, 11) is 2.11. The highest BCUT2D eigenvalue weighted by Crippen LogP contribution is 2.19. The van der Waals surface area contributed by atoms with E-state index >= 15 is 0 Å². The van der Waals surface area contributed by atoms with Crippen LogP contribution in [0.2, 0.25) is 0 Å². The van der Waals surface area contributed by atoms with Gasteiger partial charge in [-0.15, -0.1) is 0 Å². The summed E-state index contributed by atoms with van der Waals surface area (Å²) >= 11 is 0. The molecule has 1 heterocycles. The summed E-state index contributed by atoms with van der Waals surface area (Å²) in [6.07, 6.45) is 2.91. The number of anilines is 1. The average Bonchev–Trinajstić information content (AvgIpc) is 2.46. The molecule has 0 bridgehead atoms. The van der Waals surface area contributed by atoms with Gasteiger partial charge >= 0.3 is 0 Å². The Bertz CT molecular complexity index is 523. The number of aromatic nitrogens is 1. The second-order valence-corrected chi connectivity index (χ2v) is 4.82. The molecule has 2 N–H and O–H groups in total. The van der Waals surface area contributed by atoms with Crippen LogP contribution >= 0.6 is 0 Å². The van der Waals surface area contributed by atoms with Gasteiger partial charge in [-0.2, -0.15) is 0 Å². The molecule has 0 saturated heterocycles. The third-order valence-electron chi connectivity index (χ3n) is 3.31. The van der Waals surface area contributed by atoms with E-state index in [0.717, 1.165) is 24.2 Å². The van der Waals surface area contributed by atoms with E-state index in [1.807, 2.05) is 19.2 Å². The molecule has 0 aliphatic rings. The second kappa shape index (κ2) is 6.34.